The van der Waals surface area contributed by atoms with Gasteiger partial charge >= 0.3 is 6.18 Å². The van der Waals surface area contributed by atoms with Crippen molar-refractivity contribution < 1.29 is 36.6 Å². The van der Waals surface area contributed by atoms with Crippen LogP contribution in [0.15, 0.2) is 53.6 Å². The van der Waals surface area contributed by atoms with Crippen LogP contribution in [0.25, 0.3) is 5.69 Å². The molecule has 3 aromatic rings. The van der Waals surface area contributed by atoms with Crippen molar-refractivity contribution >= 4 is 23.6 Å². The van der Waals surface area contributed by atoms with Gasteiger partial charge in [0.05, 0.1) is 19.4 Å². The molecule has 0 radical (unpaired) electrons. The van der Waals surface area contributed by atoms with Crippen molar-refractivity contribution in [1.82, 2.24) is 25.6 Å². The SMILES string of the molecule is CSc1cccc(CNC(=O)c2cn(-c3ccc(C(=O)NCC(F)(F)F)cc3OCCOCCF)nn2)c1. The van der Waals surface area contributed by atoms with E-state index in [9.17, 15) is 27.2 Å². The molecule has 2 amide bonds. The van der Waals surface area contributed by atoms with Crippen LogP contribution >= 0.6 is 11.8 Å². The summed E-state index contributed by atoms with van der Waals surface area (Å²) in [4.78, 5) is 25.9. The summed E-state index contributed by atoms with van der Waals surface area (Å²) in [6.45, 7) is -2.04. The summed E-state index contributed by atoms with van der Waals surface area (Å²) in [6, 6.07) is 11.6. The number of hydrogen-bond donors (Lipinski definition) is 2. The summed E-state index contributed by atoms with van der Waals surface area (Å²) >= 11 is 1.58. The van der Waals surface area contributed by atoms with Crippen LogP contribution < -0.4 is 15.4 Å². The number of thioether (sulfide) groups is 1. The van der Waals surface area contributed by atoms with E-state index in [1.54, 1.807) is 17.1 Å². The Hall–Kier alpha value is -3.65. The quantitative estimate of drug-likeness (QED) is 0.189. The number of ether oxygens (including phenoxy) is 2. The third kappa shape index (κ3) is 8.73. The predicted molar refractivity (Wildman–Crippen MR) is 131 cm³/mol. The lowest BCUT2D eigenvalue weighted by Crippen LogP contribution is -2.33. The Morgan fingerprint density at radius 1 is 1.05 bits per heavy atom. The zero-order valence-electron chi connectivity index (χ0n) is 20.3. The van der Waals surface area contributed by atoms with Gasteiger partial charge in [-0.2, -0.15) is 13.2 Å². The van der Waals surface area contributed by atoms with E-state index in [1.165, 1.54) is 29.1 Å². The summed E-state index contributed by atoms with van der Waals surface area (Å²) in [6.07, 6.45) is -1.27. The number of alkyl halides is 4. The maximum Gasteiger partial charge on any atom is 0.405 e. The number of carbonyl (C=O) groups excluding carboxylic acids is 2. The maximum absolute atomic E-state index is 12.6. The third-order valence-corrected chi connectivity index (χ3v) is 5.66. The van der Waals surface area contributed by atoms with Crippen molar-refractivity contribution in [1.29, 1.82) is 0 Å². The number of amides is 2. The number of halogens is 4. The first kappa shape index (κ1) is 28.9. The van der Waals surface area contributed by atoms with Crippen LogP contribution in [0.4, 0.5) is 17.6 Å². The first-order valence-electron chi connectivity index (χ1n) is 11.3. The number of nitrogens with zero attached hydrogens (tertiary/aromatic N) is 3. The maximum atomic E-state index is 12.6. The standard InChI is InChI=1S/C24H25F4N5O4S/c1-38-18-4-2-3-16(11-18)13-29-23(35)19-14-33(32-31-19)20-6-5-17(22(34)30-15-24(26,27)28)12-21(20)37-10-9-36-8-7-25/h2-6,11-12,14H,7-10,13,15H2,1H3,(H,29,35)(H,30,34). The average molecular weight is 556 g/mol. The van der Waals surface area contributed by atoms with Crippen LogP contribution in [-0.2, 0) is 11.3 Å². The summed E-state index contributed by atoms with van der Waals surface area (Å²) in [7, 11) is 0. The van der Waals surface area contributed by atoms with E-state index in [1.807, 2.05) is 30.5 Å². The van der Waals surface area contributed by atoms with Gasteiger partial charge in [0, 0.05) is 17.0 Å². The Labute approximate surface area is 219 Å². The minimum atomic E-state index is -4.57. The van der Waals surface area contributed by atoms with Crippen LogP contribution in [0.5, 0.6) is 5.75 Å². The minimum Gasteiger partial charge on any atom is -0.489 e. The Morgan fingerprint density at radius 3 is 2.61 bits per heavy atom. The van der Waals surface area contributed by atoms with Gasteiger partial charge in [0.1, 0.15) is 31.3 Å². The molecule has 0 atom stereocenters. The lowest BCUT2D eigenvalue weighted by molar-refractivity contribution is -0.123. The number of carbonyl (C=O) groups is 2. The molecule has 0 unspecified atom stereocenters. The average Bonchev–Trinajstić information content (AvgIpc) is 3.40. The number of nitrogens with one attached hydrogen (secondary N) is 2. The molecule has 1 aromatic heterocycles. The normalized spacial score (nSPS) is 11.3. The smallest absolute Gasteiger partial charge is 0.405 e. The number of hydrogen-bond acceptors (Lipinski definition) is 7. The van der Waals surface area contributed by atoms with Gasteiger partial charge in [0.2, 0.25) is 0 Å². The van der Waals surface area contributed by atoms with Gasteiger partial charge in [0.15, 0.2) is 5.69 Å². The van der Waals surface area contributed by atoms with E-state index in [-0.39, 0.29) is 49.1 Å². The van der Waals surface area contributed by atoms with Crippen LogP contribution in [0.1, 0.15) is 26.4 Å². The molecule has 0 saturated heterocycles. The van der Waals surface area contributed by atoms with E-state index in [4.69, 9.17) is 9.47 Å². The summed E-state index contributed by atoms with van der Waals surface area (Å²) in [5.74, 6) is -1.37. The van der Waals surface area contributed by atoms with Crippen LogP contribution in [-0.4, -0.2) is 72.3 Å². The van der Waals surface area contributed by atoms with Crippen molar-refractivity contribution in [3.63, 3.8) is 0 Å². The van der Waals surface area contributed by atoms with Gasteiger partial charge in [0.25, 0.3) is 11.8 Å². The second kappa shape index (κ2) is 13.8. The molecule has 0 aliphatic carbocycles. The van der Waals surface area contributed by atoms with E-state index in [0.29, 0.717) is 0 Å². The largest absolute Gasteiger partial charge is 0.489 e. The second-order valence-electron chi connectivity index (χ2n) is 7.71. The number of rotatable bonds is 13. The molecule has 9 nitrogen and oxygen atoms in total. The first-order chi connectivity index (χ1) is 18.2. The van der Waals surface area contributed by atoms with Gasteiger partial charge in [-0.1, -0.05) is 17.3 Å². The van der Waals surface area contributed by atoms with Gasteiger partial charge < -0.3 is 20.1 Å². The molecule has 1 heterocycles. The molecule has 2 aromatic carbocycles. The predicted octanol–water partition coefficient (Wildman–Crippen LogP) is 3.58. The fraction of sp³-hybridized carbons (Fsp3) is 0.333. The molecule has 14 heteroatoms. The lowest BCUT2D eigenvalue weighted by Gasteiger charge is -2.14. The number of aromatic nitrogens is 3. The molecule has 0 fully saturated rings. The Morgan fingerprint density at radius 2 is 1.87 bits per heavy atom. The van der Waals surface area contributed by atoms with E-state index < -0.39 is 31.2 Å². The minimum absolute atomic E-state index is 0.00949. The van der Waals surface area contributed by atoms with Gasteiger partial charge in [-0.15, -0.1) is 16.9 Å². The highest BCUT2D eigenvalue weighted by atomic mass is 32.2. The monoisotopic (exact) mass is 555 g/mol. The Balaban J connectivity index is 1.75. The van der Waals surface area contributed by atoms with Crippen molar-refractivity contribution in [2.45, 2.75) is 17.6 Å². The molecule has 204 valence electrons. The molecule has 0 spiro atoms. The van der Waals surface area contributed by atoms with Crippen LogP contribution in [0, 0.1) is 0 Å². The van der Waals surface area contributed by atoms with Crippen molar-refractivity contribution in [2.75, 3.05) is 39.3 Å². The fourth-order valence-corrected chi connectivity index (χ4v) is 3.63. The van der Waals surface area contributed by atoms with Gasteiger partial charge in [-0.25, -0.2) is 9.07 Å². The topological polar surface area (TPSA) is 107 Å². The van der Waals surface area contributed by atoms with E-state index in [0.717, 1.165) is 10.5 Å². The summed E-state index contributed by atoms with van der Waals surface area (Å²) in [5.41, 5.74) is 1.09. The van der Waals surface area contributed by atoms with Crippen molar-refractivity contribution in [3.8, 4) is 11.4 Å². The molecular formula is C24H25F4N5O4S. The Bertz CT molecular complexity index is 1240. The molecule has 0 aliphatic rings. The molecule has 3 rings (SSSR count). The molecule has 0 bridgehead atoms. The van der Waals surface area contributed by atoms with Crippen LogP contribution in [0.2, 0.25) is 0 Å². The molecular weight excluding hydrogens is 530 g/mol. The summed E-state index contributed by atoms with van der Waals surface area (Å²) in [5, 5.41) is 12.4. The van der Waals surface area contributed by atoms with E-state index >= 15 is 0 Å². The van der Waals surface area contributed by atoms with Crippen LogP contribution in [0.3, 0.4) is 0 Å². The molecule has 38 heavy (non-hydrogen) atoms. The molecule has 0 aliphatic heterocycles. The highest BCUT2D eigenvalue weighted by molar-refractivity contribution is 7.98. The van der Waals surface area contributed by atoms with E-state index in [2.05, 4.69) is 15.6 Å². The summed E-state index contributed by atoms with van der Waals surface area (Å²) < 4.78 is 61.6. The molecule has 0 saturated carbocycles. The zero-order chi connectivity index (χ0) is 27.5. The van der Waals surface area contributed by atoms with Gasteiger partial charge in [-0.05, 0) is 42.2 Å². The van der Waals surface area contributed by atoms with Gasteiger partial charge in [-0.3, -0.25) is 9.59 Å². The van der Waals surface area contributed by atoms with Crippen molar-refractivity contribution in [3.05, 3.63) is 65.5 Å². The Kier molecular flexibility index (Phi) is 10.5. The lowest BCUT2D eigenvalue weighted by atomic mass is 10.1. The highest BCUT2D eigenvalue weighted by Crippen LogP contribution is 2.25. The second-order valence-corrected chi connectivity index (χ2v) is 8.59. The third-order valence-electron chi connectivity index (χ3n) is 4.94. The fourth-order valence-electron chi connectivity index (χ4n) is 3.15. The molecule has 2 N–H and O–H groups in total. The highest BCUT2D eigenvalue weighted by Gasteiger charge is 2.28. The zero-order valence-corrected chi connectivity index (χ0v) is 21.1. The number of benzene rings is 2. The first-order valence-corrected chi connectivity index (χ1v) is 12.5. The van der Waals surface area contributed by atoms with Crippen molar-refractivity contribution in [2.24, 2.45) is 0 Å².